The zero-order valence-corrected chi connectivity index (χ0v) is 60.1. The summed E-state index contributed by atoms with van der Waals surface area (Å²) in [5, 5.41) is 14.8. The molecule has 0 aliphatic carbocycles. The van der Waals surface area contributed by atoms with Crippen LogP contribution in [0.2, 0.25) is 0 Å². The van der Waals surface area contributed by atoms with Crippen molar-refractivity contribution in [2.24, 2.45) is 7.05 Å². The smallest absolute Gasteiger partial charge is 0.182 e. The molecule has 0 saturated carbocycles. The molecule has 18 heteroatoms. The molecule has 0 unspecified atom stereocenters. The van der Waals surface area contributed by atoms with E-state index in [1.54, 1.807) is 99.9 Å². The van der Waals surface area contributed by atoms with Gasteiger partial charge in [0.15, 0.2) is 23.6 Å². The lowest BCUT2D eigenvalue weighted by atomic mass is 10.1. The van der Waals surface area contributed by atoms with Gasteiger partial charge in [-0.25, -0.2) is 49.8 Å². The van der Waals surface area contributed by atoms with E-state index in [4.69, 9.17) is 8.83 Å². The van der Waals surface area contributed by atoms with Gasteiger partial charge in [-0.3, -0.25) is 0 Å². The number of nitrogens with zero attached hydrogens (tertiary/aromatic N) is 11. The number of oxazole rings is 1. The van der Waals surface area contributed by atoms with Crippen LogP contribution < -0.4 is 0 Å². The maximum absolute atomic E-state index is 5.35. The van der Waals surface area contributed by atoms with Gasteiger partial charge in [0, 0.05) is 92.5 Å². The van der Waals surface area contributed by atoms with Gasteiger partial charge in [-0.1, -0.05) is 170 Å². The first-order valence-electron chi connectivity index (χ1n) is 31.8. The molecule has 0 N–H and O–H groups in total. The van der Waals surface area contributed by atoms with Crippen LogP contribution in [0.3, 0.4) is 0 Å². The quantitative estimate of drug-likeness (QED) is 0.121. The first-order chi connectivity index (χ1) is 49.3. The van der Waals surface area contributed by atoms with Crippen LogP contribution in [0, 0.1) is 0 Å². The second kappa shape index (κ2) is 41.0. The largest absolute Gasteiger partial charge is 0.464 e. The predicted molar refractivity (Wildman–Crippen MR) is 430 cm³/mol. The molecular formula is C82H73N11O2S5. The molecule has 498 valence electrons. The molecular weight excluding hydrogens is 1330 g/mol. The van der Waals surface area contributed by atoms with Gasteiger partial charge >= 0.3 is 0 Å². The highest BCUT2D eigenvalue weighted by molar-refractivity contribution is 7.17. The van der Waals surface area contributed by atoms with Crippen molar-refractivity contribution in [1.82, 2.24) is 54.4 Å². The molecule has 0 amide bonds. The summed E-state index contributed by atoms with van der Waals surface area (Å²) >= 11 is 8.30. The molecule has 0 spiro atoms. The molecule has 0 bridgehead atoms. The molecule has 0 fully saturated rings. The molecule has 10 aromatic heterocycles. The fourth-order valence-electron chi connectivity index (χ4n) is 9.45. The van der Waals surface area contributed by atoms with Crippen molar-refractivity contribution in [3.8, 4) is 0 Å². The predicted octanol–water partition coefficient (Wildman–Crippen LogP) is 23.7. The third kappa shape index (κ3) is 22.9. The van der Waals surface area contributed by atoms with Gasteiger partial charge in [0.25, 0.3) is 0 Å². The maximum Gasteiger partial charge on any atom is 0.182 e. The summed E-state index contributed by atoms with van der Waals surface area (Å²) in [6.45, 7) is 10.1. The average molecular weight is 1400 g/mol. The minimum absolute atomic E-state index is 0.644. The molecule has 16 rings (SSSR count). The molecule has 10 heterocycles. The van der Waals surface area contributed by atoms with E-state index in [-0.39, 0.29) is 0 Å². The number of rotatable bonds is 11. The summed E-state index contributed by atoms with van der Waals surface area (Å²) in [6, 6.07) is 49.3. The Kier molecular flexibility index (Phi) is 29.9. The lowest BCUT2D eigenvalue weighted by Crippen LogP contribution is -1.85. The normalized spacial score (nSPS) is 11.2. The molecule has 0 aliphatic heterocycles. The standard InChI is InChI=1S/C12H13N.C11H9NS.C11H10O.C11H10S.C10H9NO.C10H9NS.C9H7N3S.C8H6N4S/c1-3-5-10-6-4-7-12-11(10)8-9-13(12)2;1-2-4-10(5-3-1)6-7-11-12-8-9-13-11;2*1-2-4-9-5-3-6-10-7-8-12-11(9)10;2*1-2-4-8-5-3-6-9-10(8)12-7-11-9;1-4-10-8(11-5-1)2-3-9-12-6-7-13-9;1(2-8-10-3-4-13-8)7-11-5-9-6-12-7/h3-9H,1-2H3;1-9H;2*2-8H,1H3;2*2-7H,1H3;1-7H;1-6H/b5-3+;7-6+;4*4-2+;3-2+;2-1+. The highest BCUT2D eigenvalue weighted by atomic mass is 32.1. The Balaban J connectivity index is 0.000000133. The Labute approximate surface area is 602 Å². The monoisotopic (exact) mass is 1400 g/mol. The van der Waals surface area contributed by atoms with E-state index in [9.17, 15) is 0 Å². The fourth-order valence-corrected chi connectivity index (χ4v) is 12.7. The third-order valence-corrected chi connectivity index (χ3v) is 18.0. The molecule has 6 aromatic carbocycles. The number of thiophene rings is 1. The Bertz CT molecular complexity index is 4700. The topological polar surface area (TPSA) is 160 Å². The summed E-state index contributed by atoms with van der Waals surface area (Å²) in [7, 11) is 2.07. The number of hydrogen-bond donors (Lipinski definition) is 0. The average Bonchev–Trinajstić information content (AvgIpc) is 1.83. The van der Waals surface area contributed by atoms with Gasteiger partial charge in [-0.05, 0) is 140 Å². The van der Waals surface area contributed by atoms with E-state index in [0.29, 0.717) is 11.6 Å². The molecule has 0 atom stereocenters. The van der Waals surface area contributed by atoms with Crippen molar-refractivity contribution in [3.05, 3.63) is 326 Å². The Morgan fingerprint density at radius 2 is 0.900 bits per heavy atom. The Morgan fingerprint density at radius 3 is 1.53 bits per heavy atom. The van der Waals surface area contributed by atoms with Crippen LogP contribution in [0.15, 0.2) is 274 Å². The Morgan fingerprint density at radius 1 is 0.360 bits per heavy atom. The summed E-state index contributed by atoms with van der Waals surface area (Å²) in [5.41, 5.74) is 14.3. The van der Waals surface area contributed by atoms with Gasteiger partial charge in [-0.2, -0.15) is 0 Å². The van der Waals surface area contributed by atoms with Crippen molar-refractivity contribution in [1.29, 1.82) is 0 Å². The highest BCUT2D eigenvalue weighted by Gasteiger charge is 2.04. The molecule has 100 heavy (non-hydrogen) atoms. The summed E-state index contributed by atoms with van der Waals surface area (Å²) < 4.78 is 15.4. The number of para-hydroxylation sites is 2. The summed E-state index contributed by atoms with van der Waals surface area (Å²) in [4.78, 5) is 40.4. The van der Waals surface area contributed by atoms with Crippen molar-refractivity contribution < 1.29 is 8.83 Å². The van der Waals surface area contributed by atoms with E-state index in [0.717, 1.165) is 53.7 Å². The van der Waals surface area contributed by atoms with Crippen molar-refractivity contribution >= 4 is 177 Å². The van der Waals surface area contributed by atoms with Crippen LogP contribution in [0.5, 0.6) is 0 Å². The first kappa shape index (κ1) is 72.9. The minimum atomic E-state index is 0.644. The lowest BCUT2D eigenvalue weighted by Gasteiger charge is -1.98. The third-order valence-electron chi connectivity index (χ3n) is 13.9. The zero-order valence-electron chi connectivity index (χ0n) is 56.0. The number of hydrogen-bond acceptors (Lipinski definition) is 17. The van der Waals surface area contributed by atoms with Crippen molar-refractivity contribution in [3.63, 3.8) is 0 Å². The number of aryl methyl sites for hydroxylation is 1. The van der Waals surface area contributed by atoms with Gasteiger partial charge < -0.3 is 13.4 Å². The molecule has 0 radical (unpaired) electrons. The Hall–Kier alpha value is -11.4. The minimum Gasteiger partial charge on any atom is -0.464 e. The molecule has 13 nitrogen and oxygen atoms in total. The lowest BCUT2D eigenvalue weighted by molar-refractivity contribution is 0.601. The summed E-state index contributed by atoms with van der Waals surface area (Å²) in [5.74, 6) is 1.35. The summed E-state index contributed by atoms with van der Waals surface area (Å²) in [6.07, 6.45) is 49.2. The van der Waals surface area contributed by atoms with Crippen LogP contribution in [-0.4, -0.2) is 54.4 Å². The van der Waals surface area contributed by atoms with Gasteiger partial charge in [0.1, 0.15) is 38.8 Å². The number of thiazole rings is 4. The van der Waals surface area contributed by atoms with E-state index < -0.39 is 0 Å². The zero-order chi connectivity index (χ0) is 69.6. The van der Waals surface area contributed by atoms with Gasteiger partial charge in [0.2, 0.25) is 0 Å². The van der Waals surface area contributed by atoms with Crippen molar-refractivity contribution in [2.45, 2.75) is 34.6 Å². The molecule has 16 aromatic rings. The first-order valence-corrected chi connectivity index (χ1v) is 36.2. The second-order valence-electron chi connectivity index (χ2n) is 20.8. The van der Waals surface area contributed by atoms with Crippen LogP contribution >= 0.6 is 56.7 Å². The second-order valence-corrected chi connectivity index (χ2v) is 25.3. The van der Waals surface area contributed by atoms with E-state index >= 15 is 0 Å². The highest BCUT2D eigenvalue weighted by Crippen LogP contribution is 2.27. The molecule has 0 saturated heterocycles. The fraction of sp³-hybridized carbons (Fsp3) is 0.0732. The maximum atomic E-state index is 5.35. The van der Waals surface area contributed by atoms with E-state index in [1.807, 2.05) is 184 Å². The van der Waals surface area contributed by atoms with Gasteiger partial charge in [0.05, 0.1) is 22.0 Å². The van der Waals surface area contributed by atoms with Crippen molar-refractivity contribution in [2.75, 3.05) is 0 Å². The number of benzene rings is 6. The number of aromatic nitrogens is 11. The SMILES string of the molecule is C(=C\c1nccs1)/c1ccccc1.C(=C\c1nccs1)/c1ncccn1.C(=C\c1nccs1)/c1ncncn1.C/C=C/c1cccc2c1ccn2C.C/C=C/c1cccc2ccoc12.C/C=C/c1cccc2ccsc12.C/C=C/c1cccc2ncoc12.C/C=C/c1cccc2ncsc12. The van der Waals surface area contributed by atoms with Crippen LogP contribution in [-0.2, 0) is 7.05 Å². The van der Waals surface area contributed by atoms with E-state index in [1.165, 1.54) is 67.0 Å². The van der Waals surface area contributed by atoms with Crippen LogP contribution in [0.1, 0.15) is 94.7 Å². The van der Waals surface area contributed by atoms with E-state index in [2.05, 4.69) is 182 Å². The molecule has 0 aliphatic rings. The van der Waals surface area contributed by atoms with Crippen LogP contribution in [0.25, 0.3) is 120 Å². The number of allylic oxidation sites excluding steroid dienone is 5. The number of furan rings is 1. The van der Waals surface area contributed by atoms with Gasteiger partial charge in [-0.15, -0.1) is 56.7 Å². The van der Waals surface area contributed by atoms with Crippen LogP contribution in [0.4, 0.5) is 0 Å². The number of fused-ring (bicyclic) bond motifs is 5.